The van der Waals surface area contributed by atoms with E-state index in [4.69, 9.17) is 11.6 Å². The van der Waals surface area contributed by atoms with Crippen LogP contribution in [-0.2, 0) is 11.5 Å². The smallest absolute Gasteiger partial charge is 0.255 e. The molecule has 1 aromatic heterocycles. The molecule has 3 rings (SSSR count). The van der Waals surface area contributed by atoms with Crippen molar-refractivity contribution in [1.29, 1.82) is 0 Å². The minimum atomic E-state index is -0.0492. The van der Waals surface area contributed by atoms with E-state index < -0.39 is 0 Å². The van der Waals surface area contributed by atoms with E-state index in [-0.39, 0.29) is 5.56 Å². The SMILES string of the molecule is O=c1[nH]c(-c2cc(Cl)ccc2Br)nc2c1CSC2. The maximum atomic E-state index is 11.9. The summed E-state index contributed by atoms with van der Waals surface area (Å²) >= 11 is 11.1. The molecular formula is C12H8BrClN2OS. The first-order valence-corrected chi connectivity index (χ1v) is 7.63. The van der Waals surface area contributed by atoms with Gasteiger partial charge in [0, 0.05) is 32.1 Å². The van der Waals surface area contributed by atoms with E-state index in [1.54, 1.807) is 23.9 Å². The number of aromatic amines is 1. The standard InChI is InChI=1S/C12H8BrClN2OS/c13-9-2-1-6(14)3-7(9)11-15-10-5-18-4-8(10)12(17)16-11/h1-3H,4-5H2,(H,15,16,17). The van der Waals surface area contributed by atoms with Crippen molar-refractivity contribution in [2.45, 2.75) is 11.5 Å². The van der Waals surface area contributed by atoms with Gasteiger partial charge in [0.25, 0.3) is 5.56 Å². The van der Waals surface area contributed by atoms with E-state index in [1.807, 2.05) is 6.07 Å². The van der Waals surface area contributed by atoms with Crippen LogP contribution in [0.25, 0.3) is 11.4 Å². The van der Waals surface area contributed by atoms with Gasteiger partial charge in [0.2, 0.25) is 0 Å². The number of fused-ring (bicyclic) bond motifs is 1. The molecule has 1 aromatic carbocycles. The molecule has 0 saturated heterocycles. The number of aromatic nitrogens is 2. The van der Waals surface area contributed by atoms with E-state index in [0.29, 0.717) is 10.8 Å². The maximum Gasteiger partial charge on any atom is 0.255 e. The van der Waals surface area contributed by atoms with E-state index >= 15 is 0 Å². The monoisotopic (exact) mass is 342 g/mol. The molecule has 1 aliphatic rings. The molecule has 0 saturated carbocycles. The first-order valence-electron chi connectivity index (χ1n) is 5.30. The van der Waals surface area contributed by atoms with Crippen LogP contribution < -0.4 is 5.56 Å². The second kappa shape index (κ2) is 4.72. The summed E-state index contributed by atoms with van der Waals surface area (Å²) in [6.07, 6.45) is 0. The average molecular weight is 344 g/mol. The van der Waals surface area contributed by atoms with Crippen LogP contribution in [0.1, 0.15) is 11.3 Å². The number of nitrogens with one attached hydrogen (secondary N) is 1. The van der Waals surface area contributed by atoms with Crippen LogP contribution in [0, 0.1) is 0 Å². The van der Waals surface area contributed by atoms with Crippen molar-refractivity contribution in [1.82, 2.24) is 9.97 Å². The zero-order valence-electron chi connectivity index (χ0n) is 9.17. The van der Waals surface area contributed by atoms with Crippen molar-refractivity contribution in [2.24, 2.45) is 0 Å². The Bertz CT molecular complexity index is 686. The zero-order chi connectivity index (χ0) is 12.7. The Kier molecular flexibility index (Phi) is 3.21. The molecule has 2 heterocycles. The molecule has 0 aliphatic carbocycles. The highest BCUT2D eigenvalue weighted by Crippen LogP contribution is 2.31. The predicted octanol–water partition coefficient (Wildman–Crippen LogP) is 3.60. The summed E-state index contributed by atoms with van der Waals surface area (Å²) in [6.45, 7) is 0. The quantitative estimate of drug-likeness (QED) is 0.860. The molecule has 0 unspecified atom stereocenters. The lowest BCUT2D eigenvalue weighted by Gasteiger charge is -2.06. The molecule has 0 fully saturated rings. The Morgan fingerprint density at radius 3 is 3.06 bits per heavy atom. The molecular weight excluding hydrogens is 336 g/mol. The first kappa shape index (κ1) is 12.3. The third kappa shape index (κ3) is 2.11. The Morgan fingerprint density at radius 1 is 1.39 bits per heavy atom. The van der Waals surface area contributed by atoms with Gasteiger partial charge < -0.3 is 4.98 Å². The molecule has 0 radical (unpaired) electrons. The van der Waals surface area contributed by atoms with Gasteiger partial charge in [0.1, 0.15) is 5.82 Å². The van der Waals surface area contributed by atoms with Crippen LogP contribution in [0.3, 0.4) is 0 Å². The Morgan fingerprint density at radius 2 is 2.22 bits per heavy atom. The summed E-state index contributed by atoms with van der Waals surface area (Å²) in [5.41, 5.74) is 2.43. The number of rotatable bonds is 1. The molecule has 18 heavy (non-hydrogen) atoms. The number of hydrogen-bond donors (Lipinski definition) is 1. The lowest BCUT2D eigenvalue weighted by Crippen LogP contribution is -2.15. The number of nitrogens with zero attached hydrogens (tertiary/aromatic N) is 1. The Labute approximate surface area is 121 Å². The third-order valence-electron chi connectivity index (χ3n) is 2.77. The third-order valence-corrected chi connectivity index (χ3v) is 4.67. The second-order valence-electron chi connectivity index (χ2n) is 3.96. The molecule has 2 aromatic rings. The van der Waals surface area contributed by atoms with Crippen molar-refractivity contribution in [3.8, 4) is 11.4 Å². The van der Waals surface area contributed by atoms with Gasteiger partial charge in [-0.1, -0.05) is 27.5 Å². The van der Waals surface area contributed by atoms with Gasteiger partial charge in [-0.2, -0.15) is 11.8 Å². The van der Waals surface area contributed by atoms with Crippen molar-refractivity contribution in [3.63, 3.8) is 0 Å². The summed E-state index contributed by atoms with van der Waals surface area (Å²) < 4.78 is 0.862. The van der Waals surface area contributed by atoms with Crippen LogP contribution in [0.5, 0.6) is 0 Å². The number of benzene rings is 1. The lowest BCUT2D eigenvalue weighted by atomic mass is 10.2. The molecule has 92 valence electrons. The first-order chi connectivity index (χ1) is 8.65. The fourth-order valence-corrected chi connectivity index (χ4v) is 3.51. The topological polar surface area (TPSA) is 45.8 Å². The van der Waals surface area contributed by atoms with Crippen LogP contribution in [0.2, 0.25) is 5.02 Å². The highest BCUT2D eigenvalue weighted by Gasteiger charge is 2.18. The number of halogens is 2. The Balaban J connectivity index is 2.21. The summed E-state index contributed by atoms with van der Waals surface area (Å²) in [4.78, 5) is 19.3. The fraction of sp³-hybridized carbons (Fsp3) is 0.167. The summed E-state index contributed by atoms with van der Waals surface area (Å²) in [6, 6.07) is 5.43. The van der Waals surface area contributed by atoms with Gasteiger partial charge in [0.05, 0.1) is 5.69 Å². The van der Waals surface area contributed by atoms with Crippen LogP contribution in [0.4, 0.5) is 0 Å². The molecule has 0 bridgehead atoms. The molecule has 0 amide bonds. The van der Waals surface area contributed by atoms with Crippen molar-refractivity contribution in [3.05, 3.63) is 49.3 Å². The van der Waals surface area contributed by atoms with E-state index in [1.165, 1.54) is 0 Å². The van der Waals surface area contributed by atoms with Crippen molar-refractivity contribution < 1.29 is 0 Å². The maximum absolute atomic E-state index is 11.9. The molecule has 0 spiro atoms. The Hall–Kier alpha value is -0.780. The summed E-state index contributed by atoms with van der Waals surface area (Å²) in [5, 5.41) is 0.616. The van der Waals surface area contributed by atoms with Gasteiger partial charge in [-0.25, -0.2) is 4.98 Å². The predicted molar refractivity (Wildman–Crippen MR) is 78.0 cm³/mol. The second-order valence-corrected chi connectivity index (χ2v) is 6.23. The molecule has 6 heteroatoms. The van der Waals surface area contributed by atoms with Crippen LogP contribution in [-0.4, -0.2) is 9.97 Å². The zero-order valence-corrected chi connectivity index (χ0v) is 12.3. The van der Waals surface area contributed by atoms with Crippen LogP contribution >= 0.6 is 39.3 Å². The van der Waals surface area contributed by atoms with Gasteiger partial charge >= 0.3 is 0 Å². The number of hydrogen-bond acceptors (Lipinski definition) is 3. The highest BCUT2D eigenvalue weighted by molar-refractivity contribution is 9.10. The fourth-order valence-electron chi connectivity index (χ4n) is 1.87. The van der Waals surface area contributed by atoms with E-state index in [2.05, 4.69) is 25.9 Å². The lowest BCUT2D eigenvalue weighted by molar-refractivity contribution is 1.03. The van der Waals surface area contributed by atoms with Gasteiger partial charge in [0.15, 0.2) is 0 Å². The largest absolute Gasteiger partial charge is 0.306 e. The summed E-state index contributed by atoms with van der Waals surface area (Å²) in [5.74, 6) is 2.11. The van der Waals surface area contributed by atoms with Gasteiger partial charge in [-0.05, 0) is 18.2 Å². The minimum Gasteiger partial charge on any atom is -0.306 e. The molecule has 0 atom stereocenters. The summed E-state index contributed by atoms with van der Waals surface area (Å²) in [7, 11) is 0. The normalized spacial score (nSPS) is 13.7. The molecule has 1 aliphatic heterocycles. The minimum absolute atomic E-state index is 0.0492. The van der Waals surface area contributed by atoms with Crippen molar-refractivity contribution in [2.75, 3.05) is 0 Å². The van der Waals surface area contributed by atoms with Crippen molar-refractivity contribution >= 4 is 39.3 Å². The van der Waals surface area contributed by atoms with E-state index in [0.717, 1.165) is 32.8 Å². The van der Waals surface area contributed by atoms with Gasteiger partial charge in [-0.3, -0.25) is 4.79 Å². The van der Waals surface area contributed by atoms with Gasteiger partial charge in [-0.15, -0.1) is 0 Å². The average Bonchev–Trinajstić information content (AvgIpc) is 2.81. The highest BCUT2D eigenvalue weighted by atomic mass is 79.9. The number of thioether (sulfide) groups is 1. The number of H-pyrrole nitrogens is 1. The van der Waals surface area contributed by atoms with E-state index in [9.17, 15) is 4.79 Å². The molecule has 3 nitrogen and oxygen atoms in total. The van der Waals surface area contributed by atoms with Crippen LogP contribution in [0.15, 0.2) is 27.5 Å². The molecule has 1 N–H and O–H groups in total.